The number of amides is 3. The van der Waals surface area contributed by atoms with Crippen LogP contribution in [0.1, 0.15) is 12.1 Å². The summed E-state index contributed by atoms with van der Waals surface area (Å²) in [6, 6.07) is 10.9. The van der Waals surface area contributed by atoms with Crippen LogP contribution in [0.5, 0.6) is 0 Å². The van der Waals surface area contributed by atoms with E-state index in [1.54, 1.807) is 42.6 Å². The average molecular weight is 477 g/mol. The number of fused-ring (bicyclic) bond motifs is 1. The van der Waals surface area contributed by atoms with Gasteiger partial charge < -0.3 is 10.2 Å². The van der Waals surface area contributed by atoms with Crippen molar-refractivity contribution in [3.8, 4) is 0 Å². The lowest BCUT2D eigenvalue weighted by molar-refractivity contribution is -0.150. The van der Waals surface area contributed by atoms with Crippen molar-refractivity contribution in [2.45, 2.75) is 29.8 Å². The molecule has 0 spiro atoms. The van der Waals surface area contributed by atoms with E-state index in [4.69, 9.17) is 4.55 Å². The predicted octanol–water partition coefficient (Wildman–Crippen LogP) is 0.969. The summed E-state index contributed by atoms with van der Waals surface area (Å²) in [5, 5.41) is 2.79. The molecule has 4 rings (SSSR count). The zero-order valence-corrected chi connectivity index (χ0v) is 18.4. The van der Waals surface area contributed by atoms with Crippen LogP contribution >= 0.6 is 11.8 Å². The molecule has 3 amide bonds. The van der Waals surface area contributed by atoms with E-state index in [9.17, 15) is 22.8 Å². The predicted molar refractivity (Wildman–Crippen MR) is 116 cm³/mol. The Morgan fingerprint density at radius 3 is 2.59 bits per heavy atom. The summed E-state index contributed by atoms with van der Waals surface area (Å²) in [6.07, 6.45) is 2.10. The molecule has 0 unspecified atom stereocenters. The molecule has 1 aromatic heterocycles. The van der Waals surface area contributed by atoms with Crippen molar-refractivity contribution in [3.63, 3.8) is 0 Å². The maximum atomic E-state index is 12.6. The van der Waals surface area contributed by atoms with E-state index >= 15 is 0 Å². The van der Waals surface area contributed by atoms with Crippen molar-refractivity contribution in [1.82, 2.24) is 14.2 Å². The first-order chi connectivity index (χ1) is 15.2. The molecule has 2 atom stereocenters. The van der Waals surface area contributed by atoms with Crippen LogP contribution in [0.3, 0.4) is 0 Å². The molecule has 32 heavy (non-hydrogen) atoms. The monoisotopic (exact) mass is 476 g/mol. The summed E-state index contributed by atoms with van der Waals surface area (Å²) < 4.78 is 32.1. The molecular formula is C20H20N4O6S2. The lowest BCUT2D eigenvalue weighted by atomic mass is 10.0. The average Bonchev–Trinajstić information content (AvgIpc) is 3.11. The number of anilines is 1. The molecule has 168 valence electrons. The van der Waals surface area contributed by atoms with E-state index in [1.165, 1.54) is 16.7 Å². The van der Waals surface area contributed by atoms with Crippen molar-refractivity contribution in [2.24, 2.45) is 0 Å². The zero-order valence-electron chi connectivity index (χ0n) is 16.7. The standard InChI is InChI=1S/C20H20N4O6S2/c25-17(11-14-3-1-2-9-21-14)22-13-4-6-15(7-5-13)31-12-18(26)23-10-8-16-19(23)20(27)24(16)32(28,29)30/h1-7,9,16,19H,8,10-12H2,(H,22,25)(H,28,29,30)/t16-,19+/m1/s1. The highest BCUT2D eigenvalue weighted by Crippen LogP contribution is 2.36. The minimum absolute atomic E-state index is 0.0771. The largest absolute Gasteiger partial charge is 0.362 e. The molecular weight excluding hydrogens is 456 g/mol. The fraction of sp³-hybridized carbons (Fsp3) is 0.300. The molecule has 2 fully saturated rings. The van der Waals surface area contributed by atoms with E-state index in [0.717, 1.165) is 4.90 Å². The number of hydrogen-bond donors (Lipinski definition) is 2. The van der Waals surface area contributed by atoms with Gasteiger partial charge in [0.1, 0.15) is 6.04 Å². The molecule has 12 heteroatoms. The van der Waals surface area contributed by atoms with E-state index in [1.807, 2.05) is 6.07 Å². The third kappa shape index (κ3) is 4.61. The highest BCUT2D eigenvalue weighted by Gasteiger charge is 2.59. The van der Waals surface area contributed by atoms with Gasteiger partial charge in [-0.15, -0.1) is 11.8 Å². The molecule has 1 aromatic carbocycles. The van der Waals surface area contributed by atoms with E-state index in [2.05, 4.69) is 10.3 Å². The van der Waals surface area contributed by atoms with Gasteiger partial charge in [0.2, 0.25) is 11.8 Å². The molecule has 2 aromatic rings. The normalized spacial score (nSPS) is 20.0. The third-order valence-electron chi connectivity index (χ3n) is 5.27. The minimum atomic E-state index is -4.60. The molecule has 3 heterocycles. The molecule has 2 saturated heterocycles. The number of benzene rings is 1. The Morgan fingerprint density at radius 2 is 1.94 bits per heavy atom. The maximum Gasteiger partial charge on any atom is 0.362 e. The fourth-order valence-electron chi connectivity index (χ4n) is 3.83. The second-order valence-corrected chi connectivity index (χ2v) is 9.70. The van der Waals surface area contributed by atoms with Gasteiger partial charge in [0.15, 0.2) is 0 Å². The van der Waals surface area contributed by atoms with Gasteiger partial charge in [-0.05, 0) is 42.8 Å². The van der Waals surface area contributed by atoms with E-state index in [-0.39, 0.29) is 30.5 Å². The van der Waals surface area contributed by atoms with Crippen LogP contribution < -0.4 is 5.32 Å². The Kier molecular flexibility index (Phi) is 6.17. The highest BCUT2D eigenvalue weighted by molar-refractivity contribution is 8.00. The SMILES string of the molecule is O=C(Cc1ccccn1)Nc1ccc(SCC(=O)N2CC[C@@H]3[C@H]2C(=O)N3S(=O)(=O)O)cc1. The van der Waals surface area contributed by atoms with Crippen LogP contribution in [-0.2, 0) is 31.1 Å². The van der Waals surface area contributed by atoms with Crippen LogP contribution in [-0.4, -0.2) is 69.3 Å². The lowest BCUT2D eigenvalue weighted by Gasteiger charge is -2.42. The number of rotatable bonds is 7. The quantitative estimate of drug-likeness (QED) is 0.343. The van der Waals surface area contributed by atoms with Gasteiger partial charge in [-0.3, -0.25) is 23.9 Å². The van der Waals surface area contributed by atoms with Crippen LogP contribution in [0.4, 0.5) is 5.69 Å². The van der Waals surface area contributed by atoms with Crippen LogP contribution in [0.25, 0.3) is 0 Å². The number of nitrogens with one attached hydrogen (secondary N) is 1. The van der Waals surface area contributed by atoms with Crippen LogP contribution in [0.15, 0.2) is 53.6 Å². The molecule has 0 aliphatic carbocycles. The van der Waals surface area contributed by atoms with Gasteiger partial charge in [0.05, 0.1) is 18.2 Å². The summed E-state index contributed by atoms with van der Waals surface area (Å²) in [4.78, 5) is 43.0. The molecule has 2 N–H and O–H groups in total. The first kappa shape index (κ1) is 22.2. The number of β-lactam (4-membered cyclic amide) rings is 1. The van der Waals surface area contributed by atoms with Crippen molar-refractivity contribution in [2.75, 3.05) is 17.6 Å². The summed E-state index contributed by atoms with van der Waals surface area (Å²) in [7, 11) is -4.60. The number of likely N-dealkylation sites (tertiary alicyclic amines) is 1. The van der Waals surface area contributed by atoms with Crippen molar-refractivity contribution in [3.05, 3.63) is 54.4 Å². The third-order valence-corrected chi connectivity index (χ3v) is 7.22. The van der Waals surface area contributed by atoms with Gasteiger partial charge in [-0.25, -0.2) is 4.31 Å². The topological polar surface area (TPSA) is 137 Å². The van der Waals surface area contributed by atoms with E-state index in [0.29, 0.717) is 22.1 Å². The zero-order chi connectivity index (χ0) is 22.9. The van der Waals surface area contributed by atoms with Crippen LogP contribution in [0, 0.1) is 0 Å². The first-order valence-electron chi connectivity index (χ1n) is 9.77. The lowest BCUT2D eigenvalue weighted by Crippen LogP contribution is -2.68. The molecule has 2 aliphatic heterocycles. The van der Waals surface area contributed by atoms with Gasteiger partial charge in [0.25, 0.3) is 5.91 Å². The van der Waals surface area contributed by atoms with Crippen LogP contribution in [0.2, 0.25) is 0 Å². The smallest absolute Gasteiger partial charge is 0.328 e. The molecule has 10 nitrogen and oxygen atoms in total. The molecule has 0 radical (unpaired) electrons. The number of carbonyl (C=O) groups is 3. The minimum Gasteiger partial charge on any atom is -0.328 e. The number of hydrogen-bond acceptors (Lipinski definition) is 7. The first-order valence-corrected chi connectivity index (χ1v) is 12.1. The number of aromatic nitrogens is 1. The Balaban J connectivity index is 1.27. The number of nitrogens with zero attached hydrogens (tertiary/aromatic N) is 3. The van der Waals surface area contributed by atoms with Gasteiger partial charge in [0, 0.05) is 29.0 Å². The summed E-state index contributed by atoms with van der Waals surface area (Å²) in [6.45, 7) is 0.258. The molecule has 0 saturated carbocycles. The van der Waals surface area contributed by atoms with Gasteiger partial charge in [-0.1, -0.05) is 6.07 Å². The molecule has 0 bridgehead atoms. The maximum absolute atomic E-state index is 12.6. The summed E-state index contributed by atoms with van der Waals surface area (Å²) in [5.74, 6) is -1.17. The Labute approximate surface area is 188 Å². The van der Waals surface area contributed by atoms with E-state index < -0.39 is 28.3 Å². The second-order valence-electron chi connectivity index (χ2n) is 7.36. The Hall–Kier alpha value is -2.96. The van der Waals surface area contributed by atoms with Crippen molar-refractivity contribution in [1.29, 1.82) is 0 Å². The number of carbonyl (C=O) groups excluding carboxylic acids is 3. The summed E-state index contributed by atoms with van der Waals surface area (Å²) >= 11 is 1.27. The van der Waals surface area contributed by atoms with Gasteiger partial charge >= 0.3 is 10.3 Å². The Bertz CT molecular complexity index is 1140. The summed E-state index contributed by atoms with van der Waals surface area (Å²) in [5.41, 5.74) is 1.29. The van der Waals surface area contributed by atoms with Crippen molar-refractivity contribution >= 4 is 45.5 Å². The Morgan fingerprint density at radius 1 is 1.19 bits per heavy atom. The second kappa shape index (κ2) is 8.88. The fourth-order valence-corrected chi connectivity index (χ4v) is 5.51. The highest BCUT2D eigenvalue weighted by atomic mass is 32.2. The number of pyridine rings is 1. The molecule has 2 aliphatic rings. The van der Waals surface area contributed by atoms with Gasteiger partial charge in [-0.2, -0.15) is 8.42 Å². The number of thioether (sulfide) groups is 1. The van der Waals surface area contributed by atoms with Crippen molar-refractivity contribution < 1.29 is 27.4 Å².